The number of carboxylic acid groups (broad SMARTS) is 1. The van der Waals surface area contributed by atoms with Crippen LogP contribution in [0.1, 0.15) is 65.4 Å². The second-order valence-corrected chi connectivity index (χ2v) is 9.48. The Kier molecular flexibility index (Phi) is 13.8. The van der Waals surface area contributed by atoms with E-state index in [-0.39, 0.29) is 32.6 Å². The Hall–Kier alpha value is -3.67. The van der Waals surface area contributed by atoms with Crippen LogP contribution in [0.25, 0.3) is 0 Å². The molecule has 12 heteroatoms. The number of hydrogen-bond donors (Lipinski definition) is 3. The first-order valence-electron chi connectivity index (χ1n) is 12.5. The van der Waals surface area contributed by atoms with Crippen LogP contribution < -0.4 is 11.1 Å². The second kappa shape index (κ2) is 16.2. The van der Waals surface area contributed by atoms with Crippen molar-refractivity contribution in [2.24, 2.45) is 5.73 Å². The van der Waals surface area contributed by atoms with Crippen LogP contribution in [0.2, 0.25) is 0 Å². The summed E-state index contributed by atoms with van der Waals surface area (Å²) >= 11 is 0. The normalized spacial score (nSPS) is 12.6. The van der Waals surface area contributed by atoms with Crippen LogP contribution in [0, 0.1) is 0 Å². The number of aliphatic carboxylic acids is 1. The van der Waals surface area contributed by atoms with Crippen molar-refractivity contribution in [3.05, 3.63) is 35.9 Å². The predicted molar refractivity (Wildman–Crippen MR) is 137 cm³/mol. The van der Waals surface area contributed by atoms with Gasteiger partial charge < -0.3 is 30.4 Å². The number of amides is 3. The highest BCUT2D eigenvalue weighted by Crippen LogP contribution is 2.16. The third-order valence-electron chi connectivity index (χ3n) is 5.07. The van der Waals surface area contributed by atoms with Crippen LogP contribution in [0.5, 0.6) is 0 Å². The molecule has 0 fully saturated rings. The lowest BCUT2D eigenvalue weighted by Gasteiger charge is -2.29. The van der Waals surface area contributed by atoms with Gasteiger partial charge in [0, 0.05) is 13.0 Å². The van der Waals surface area contributed by atoms with Gasteiger partial charge in [0.25, 0.3) is 0 Å². The Labute approximate surface area is 222 Å². The van der Waals surface area contributed by atoms with Gasteiger partial charge in [-0.15, -0.1) is 0 Å². The Morgan fingerprint density at radius 2 is 1.68 bits per heavy atom. The number of nitrogens with one attached hydrogen (secondary N) is 1. The van der Waals surface area contributed by atoms with E-state index in [1.807, 2.05) is 0 Å². The van der Waals surface area contributed by atoms with E-state index in [4.69, 9.17) is 25.1 Å². The number of carboxylic acids is 1. The molecule has 0 aliphatic carbocycles. The molecule has 4 N–H and O–H groups in total. The van der Waals surface area contributed by atoms with E-state index in [1.165, 1.54) is 0 Å². The number of unbranched alkanes of at least 4 members (excludes halogenated alkanes) is 1. The van der Waals surface area contributed by atoms with Gasteiger partial charge in [-0.3, -0.25) is 9.59 Å². The van der Waals surface area contributed by atoms with Gasteiger partial charge in [-0.05, 0) is 58.9 Å². The lowest BCUT2D eigenvalue weighted by molar-refractivity contribution is -0.155. The summed E-state index contributed by atoms with van der Waals surface area (Å²) in [4.78, 5) is 62.4. The summed E-state index contributed by atoms with van der Waals surface area (Å²) in [7, 11) is 0. The fourth-order valence-corrected chi connectivity index (χ4v) is 3.31. The summed E-state index contributed by atoms with van der Waals surface area (Å²) in [5.74, 6) is -3.05. The molecular weight excluding hydrogens is 498 g/mol. The molecule has 1 aromatic rings. The van der Waals surface area contributed by atoms with Crippen molar-refractivity contribution in [2.45, 2.75) is 84.1 Å². The van der Waals surface area contributed by atoms with Crippen LogP contribution in [0.4, 0.5) is 9.59 Å². The van der Waals surface area contributed by atoms with Crippen molar-refractivity contribution in [1.82, 2.24) is 10.2 Å². The number of alkyl carbamates (subject to hydrolysis) is 1. The third kappa shape index (κ3) is 12.5. The van der Waals surface area contributed by atoms with Crippen LogP contribution in [0.15, 0.2) is 30.3 Å². The summed E-state index contributed by atoms with van der Waals surface area (Å²) in [6.45, 7) is 6.84. The molecule has 12 nitrogen and oxygen atoms in total. The molecule has 1 aromatic carbocycles. The first-order chi connectivity index (χ1) is 17.9. The Bertz CT molecular complexity index is 932. The van der Waals surface area contributed by atoms with E-state index in [9.17, 15) is 24.0 Å². The maximum Gasteiger partial charge on any atom is 0.417 e. The van der Waals surface area contributed by atoms with E-state index in [0.29, 0.717) is 23.3 Å². The molecule has 0 saturated carbocycles. The number of rotatable bonds is 14. The van der Waals surface area contributed by atoms with Gasteiger partial charge in [-0.2, -0.15) is 0 Å². The minimum Gasteiger partial charge on any atom is -0.481 e. The quantitative estimate of drug-likeness (QED) is 0.182. The number of esters is 1. The molecule has 1 rings (SSSR count). The first-order valence-corrected chi connectivity index (χ1v) is 12.5. The van der Waals surface area contributed by atoms with E-state index in [1.54, 1.807) is 58.0 Å². The Balaban J connectivity index is 2.92. The monoisotopic (exact) mass is 537 g/mol. The summed E-state index contributed by atoms with van der Waals surface area (Å²) in [6, 6.07) is 5.98. The topological polar surface area (TPSA) is 175 Å². The van der Waals surface area contributed by atoms with Gasteiger partial charge in [0.05, 0.1) is 12.6 Å². The number of carbonyl (C=O) groups is 5. The van der Waals surface area contributed by atoms with E-state index in [0.717, 1.165) is 0 Å². The molecule has 0 aliphatic heterocycles. The smallest absolute Gasteiger partial charge is 0.417 e. The zero-order chi connectivity index (χ0) is 28.7. The molecule has 0 heterocycles. The molecule has 0 spiro atoms. The molecule has 0 unspecified atom stereocenters. The van der Waals surface area contributed by atoms with Crippen molar-refractivity contribution in [3.63, 3.8) is 0 Å². The highest BCUT2D eigenvalue weighted by molar-refractivity contribution is 5.99. The van der Waals surface area contributed by atoms with Crippen LogP contribution in [-0.4, -0.2) is 70.9 Å². The molecule has 0 aromatic heterocycles. The number of nitrogens with zero attached hydrogens (tertiary/aromatic N) is 1. The van der Waals surface area contributed by atoms with E-state index in [2.05, 4.69) is 5.32 Å². The maximum atomic E-state index is 13.3. The number of ether oxygens (including phenoxy) is 3. The van der Waals surface area contributed by atoms with Gasteiger partial charge in [0.1, 0.15) is 18.2 Å². The van der Waals surface area contributed by atoms with Crippen molar-refractivity contribution >= 4 is 30.0 Å². The van der Waals surface area contributed by atoms with E-state index >= 15 is 0 Å². The molecule has 0 aliphatic rings. The highest BCUT2D eigenvalue weighted by Gasteiger charge is 2.39. The zero-order valence-corrected chi connectivity index (χ0v) is 22.4. The fraction of sp³-hybridized carbons (Fsp3) is 0.577. The fourth-order valence-electron chi connectivity index (χ4n) is 3.31. The average Bonchev–Trinajstić information content (AvgIpc) is 2.83. The summed E-state index contributed by atoms with van der Waals surface area (Å²) < 4.78 is 15.4. The SMILES string of the molecule is CCOC(=O)[C@@H](CCC(=O)O)N(C(=O)OCc1ccccc1)C(=O)[C@@H](N)CCCCNC(=O)OC(C)(C)C. The van der Waals surface area contributed by atoms with Gasteiger partial charge >= 0.3 is 24.1 Å². The lowest BCUT2D eigenvalue weighted by Crippen LogP contribution is -2.55. The first kappa shape index (κ1) is 32.4. The number of benzene rings is 1. The van der Waals surface area contributed by atoms with Gasteiger partial charge in [-0.25, -0.2) is 19.3 Å². The molecule has 0 saturated heterocycles. The molecule has 38 heavy (non-hydrogen) atoms. The van der Waals surface area contributed by atoms with Crippen LogP contribution in [-0.2, 0) is 35.2 Å². The predicted octanol–water partition coefficient (Wildman–Crippen LogP) is 2.97. The van der Waals surface area contributed by atoms with Crippen molar-refractivity contribution in [1.29, 1.82) is 0 Å². The molecular formula is C26H39N3O9. The Morgan fingerprint density at radius 3 is 2.26 bits per heavy atom. The van der Waals surface area contributed by atoms with Crippen molar-refractivity contribution < 1.29 is 43.3 Å². The largest absolute Gasteiger partial charge is 0.481 e. The number of carbonyl (C=O) groups excluding carboxylic acids is 4. The zero-order valence-electron chi connectivity index (χ0n) is 22.4. The Morgan fingerprint density at radius 1 is 1.03 bits per heavy atom. The van der Waals surface area contributed by atoms with Gasteiger partial charge in [0.15, 0.2) is 0 Å². The van der Waals surface area contributed by atoms with E-state index < -0.39 is 54.1 Å². The summed E-state index contributed by atoms with van der Waals surface area (Å²) in [6.07, 6.45) is -1.55. The number of nitrogens with two attached hydrogens (primary N) is 1. The third-order valence-corrected chi connectivity index (χ3v) is 5.07. The molecule has 212 valence electrons. The van der Waals surface area contributed by atoms with Crippen LogP contribution in [0.3, 0.4) is 0 Å². The molecule has 2 atom stereocenters. The maximum absolute atomic E-state index is 13.3. The van der Waals surface area contributed by atoms with Crippen molar-refractivity contribution in [2.75, 3.05) is 13.2 Å². The highest BCUT2D eigenvalue weighted by atomic mass is 16.6. The summed E-state index contributed by atoms with van der Waals surface area (Å²) in [5.41, 5.74) is 6.09. The molecule has 3 amide bonds. The molecule has 0 radical (unpaired) electrons. The van der Waals surface area contributed by atoms with Gasteiger partial charge in [0.2, 0.25) is 5.91 Å². The minimum absolute atomic E-state index is 0.0415. The number of hydrogen-bond acceptors (Lipinski definition) is 9. The minimum atomic E-state index is -1.53. The van der Waals surface area contributed by atoms with Crippen LogP contribution >= 0.6 is 0 Å². The second-order valence-electron chi connectivity index (χ2n) is 9.48. The number of imide groups is 1. The van der Waals surface area contributed by atoms with Gasteiger partial charge in [-0.1, -0.05) is 30.3 Å². The lowest BCUT2D eigenvalue weighted by atomic mass is 10.1. The standard InChI is InChI=1S/C26H39N3O9/c1-5-36-23(33)20(14-15-21(30)31)29(25(35)37-17-18-11-7-6-8-12-18)22(32)19(27)13-9-10-16-28-24(34)38-26(2,3)4/h6-8,11-12,19-20H,5,9-10,13-17,27H2,1-4H3,(H,28,34)(H,30,31)/t19-,20+/m0/s1. The molecule has 0 bridgehead atoms. The van der Waals surface area contributed by atoms with Crippen molar-refractivity contribution in [3.8, 4) is 0 Å². The average molecular weight is 538 g/mol. The summed E-state index contributed by atoms with van der Waals surface area (Å²) in [5, 5.41) is 11.7.